The molecule has 0 radical (unpaired) electrons. The lowest BCUT2D eigenvalue weighted by Crippen LogP contribution is -2.25. The van der Waals surface area contributed by atoms with E-state index in [1.807, 2.05) is 0 Å². The van der Waals surface area contributed by atoms with Gasteiger partial charge < -0.3 is 24.7 Å². The lowest BCUT2D eigenvalue weighted by molar-refractivity contribution is -0.187. The summed E-state index contributed by atoms with van der Waals surface area (Å²) in [7, 11) is 1.42. The third-order valence-corrected chi connectivity index (χ3v) is 7.67. The number of halogens is 4. The van der Waals surface area contributed by atoms with E-state index < -0.39 is 46.1 Å². The molecule has 1 amide bonds. The molecule has 0 fully saturated rings. The van der Waals surface area contributed by atoms with Crippen molar-refractivity contribution in [1.82, 2.24) is 14.9 Å². The van der Waals surface area contributed by atoms with E-state index in [1.54, 1.807) is 6.92 Å². The van der Waals surface area contributed by atoms with Crippen molar-refractivity contribution in [2.24, 2.45) is 7.05 Å². The normalized spacial score (nSPS) is 12.3. The van der Waals surface area contributed by atoms with Gasteiger partial charge in [0.2, 0.25) is 0 Å². The van der Waals surface area contributed by atoms with E-state index in [9.17, 15) is 19.1 Å². The highest BCUT2D eigenvalue weighted by Crippen LogP contribution is 2.50. The van der Waals surface area contributed by atoms with Gasteiger partial charge in [-0.15, -0.1) is 11.3 Å². The Morgan fingerprint density at radius 1 is 1.18 bits per heavy atom. The van der Waals surface area contributed by atoms with Gasteiger partial charge in [0.15, 0.2) is 11.6 Å². The Hall–Kier alpha value is -3.64. The molecule has 7 nitrogen and oxygen atoms in total. The molecule has 0 unspecified atom stereocenters. The molecule has 0 atom stereocenters. The van der Waals surface area contributed by atoms with Crippen LogP contribution in [0.25, 0.3) is 21.3 Å². The molecule has 0 bridgehead atoms. The summed E-state index contributed by atoms with van der Waals surface area (Å²) in [5, 5.41) is 13.4. The average Bonchev–Trinajstić information content (AvgIpc) is 3.38. The number of alkyl halides is 2. The summed E-state index contributed by atoms with van der Waals surface area (Å²) in [6, 6.07) is 3.21. The summed E-state index contributed by atoms with van der Waals surface area (Å²) in [5.41, 5.74) is -2.94. The second-order valence-corrected chi connectivity index (χ2v) is 10.8. The van der Waals surface area contributed by atoms with Crippen LogP contribution in [0.5, 0.6) is 5.75 Å². The van der Waals surface area contributed by atoms with Crippen molar-refractivity contribution in [2.75, 3.05) is 6.54 Å². The number of ether oxygens (including phenoxy) is 1. The van der Waals surface area contributed by atoms with E-state index in [4.69, 9.17) is 4.74 Å². The minimum absolute atomic E-state index is 0.00203. The first-order chi connectivity index (χ1) is 18.1. The van der Waals surface area contributed by atoms with Gasteiger partial charge in [0.1, 0.15) is 17.0 Å². The largest absolute Gasteiger partial charge is 0.427 e. The number of benzene rings is 1. The van der Waals surface area contributed by atoms with Crippen molar-refractivity contribution >= 4 is 28.1 Å². The van der Waals surface area contributed by atoms with Gasteiger partial charge in [-0.25, -0.2) is 8.78 Å². The number of pyridine rings is 1. The topological polar surface area (TPSA) is 96.3 Å². The van der Waals surface area contributed by atoms with Crippen molar-refractivity contribution < 1.29 is 32.2 Å². The number of amides is 1. The Labute approximate surface area is 225 Å². The van der Waals surface area contributed by atoms with Crippen molar-refractivity contribution in [3.05, 3.63) is 73.6 Å². The van der Waals surface area contributed by atoms with Crippen LogP contribution in [0.1, 0.15) is 52.8 Å². The zero-order chi connectivity index (χ0) is 29.0. The van der Waals surface area contributed by atoms with Crippen LogP contribution >= 0.6 is 11.3 Å². The number of carbonyl (C=O) groups is 1. The summed E-state index contributed by atoms with van der Waals surface area (Å²) in [6.45, 7) is 7.19. The number of carbonyl (C=O) groups excluding carboxylic acids is 1. The molecule has 12 heteroatoms. The molecule has 3 aromatic heterocycles. The van der Waals surface area contributed by atoms with Crippen molar-refractivity contribution in [2.45, 2.75) is 46.3 Å². The molecule has 39 heavy (non-hydrogen) atoms. The monoisotopic (exact) mass is 565 g/mol. The lowest BCUT2D eigenvalue weighted by Gasteiger charge is -2.22. The molecule has 3 N–H and O–H groups in total. The quantitative estimate of drug-likeness (QED) is 0.255. The second-order valence-electron chi connectivity index (χ2n) is 9.79. The third-order valence-electron chi connectivity index (χ3n) is 6.17. The SMILES string of the molecule is CCNC(=O)c1cc2c(-c3sc(C(C)(C)O)c(F)c3OC(F)(F)c3c(C)cc(F)cc3C)cn(C)c(=O)c2[nH]1. The van der Waals surface area contributed by atoms with Gasteiger partial charge in [-0.3, -0.25) is 9.59 Å². The molecule has 208 valence electrons. The van der Waals surface area contributed by atoms with Crippen LogP contribution in [0.15, 0.2) is 29.2 Å². The van der Waals surface area contributed by atoms with Gasteiger partial charge >= 0.3 is 6.11 Å². The number of nitrogens with zero attached hydrogens (tertiary/aromatic N) is 1. The van der Waals surface area contributed by atoms with E-state index in [0.29, 0.717) is 17.9 Å². The molecule has 0 saturated carbocycles. The lowest BCUT2D eigenvalue weighted by atomic mass is 10.0. The number of hydrogen-bond donors (Lipinski definition) is 3. The Bertz CT molecular complexity index is 1640. The highest BCUT2D eigenvalue weighted by atomic mass is 32.1. The van der Waals surface area contributed by atoms with E-state index >= 15 is 13.2 Å². The zero-order valence-electron chi connectivity index (χ0n) is 22.1. The minimum Gasteiger partial charge on any atom is -0.424 e. The fraction of sp³-hybridized carbons (Fsp3) is 0.333. The first-order valence-electron chi connectivity index (χ1n) is 12.0. The van der Waals surface area contributed by atoms with Gasteiger partial charge in [-0.05, 0) is 63.9 Å². The van der Waals surface area contributed by atoms with Gasteiger partial charge in [-0.2, -0.15) is 8.78 Å². The predicted octanol–water partition coefficient (Wildman–Crippen LogP) is 5.60. The molecule has 4 aromatic rings. The molecule has 4 rings (SSSR count). The molecule has 3 heterocycles. The second kappa shape index (κ2) is 9.83. The van der Waals surface area contributed by atoms with Crippen LogP contribution < -0.4 is 15.6 Å². The first-order valence-corrected chi connectivity index (χ1v) is 12.8. The summed E-state index contributed by atoms with van der Waals surface area (Å²) in [4.78, 5) is 27.6. The number of fused-ring (bicyclic) bond motifs is 1. The number of aryl methyl sites for hydroxylation is 3. The predicted molar refractivity (Wildman–Crippen MR) is 140 cm³/mol. The van der Waals surface area contributed by atoms with Gasteiger partial charge in [0, 0.05) is 30.7 Å². The molecule has 0 spiro atoms. The summed E-state index contributed by atoms with van der Waals surface area (Å²) in [5.74, 6) is -3.27. The van der Waals surface area contributed by atoms with Crippen LogP contribution in [-0.2, 0) is 18.8 Å². The molecule has 0 aliphatic carbocycles. The van der Waals surface area contributed by atoms with Crippen molar-refractivity contribution in [1.29, 1.82) is 0 Å². The van der Waals surface area contributed by atoms with Crippen LogP contribution in [0.4, 0.5) is 17.6 Å². The number of H-pyrrole nitrogens is 1. The maximum Gasteiger partial charge on any atom is 0.427 e. The van der Waals surface area contributed by atoms with Gasteiger partial charge in [-0.1, -0.05) is 0 Å². The minimum atomic E-state index is -4.10. The zero-order valence-corrected chi connectivity index (χ0v) is 22.9. The van der Waals surface area contributed by atoms with E-state index in [1.165, 1.54) is 47.0 Å². The number of rotatable bonds is 7. The Balaban J connectivity index is 2.00. The van der Waals surface area contributed by atoms with Crippen molar-refractivity contribution in [3.63, 3.8) is 0 Å². The van der Waals surface area contributed by atoms with Crippen LogP contribution in [0, 0.1) is 25.5 Å². The fourth-order valence-electron chi connectivity index (χ4n) is 4.50. The highest BCUT2D eigenvalue weighted by molar-refractivity contribution is 7.16. The molecule has 0 saturated heterocycles. The molecule has 1 aromatic carbocycles. The van der Waals surface area contributed by atoms with Crippen LogP contribution in [0.2, 0.25) is 0 Å². The van der Waals surface area contributed by atoms with Gasteiger partial charge in [0.25, 0.3) is 11.5 Å². The van der Waals surface area contributed by atoms with Crippen molar-refractivity contribution in [3.8, 4) is 16.2 Å². The molecular formula is C27H27F4N3O4S. The Kier molecular flexibility index (Phi) is 7.15. The number of aliphatic hydroxyl groups is 1. The first kappa shape index (κ1) is 28.4. The Morgan fingerprint density at radius 3 is 2.36 bits per heavy atom. The van der Waals surface area contributed by atoms with Crippen LogP contribution in [0.3, 0.4) is 0 Å². The smallest absolute Gasteiger partial charge is 0.424 e. The van der Waals surface area contributed by atoms with E-state index in [-0.39, 0.29) is 43.0 Å². The maximum atomic E-state index is 15.8. The molecule has 0 aliphatic heterocycles. The summed E-state index contributed by atoms with van der Waals surface area (Å²) < 4.78 is 67.1. The molecular weight excluding hydrogens is 538 g/mol. The van der Waals surface area contributed by atoms with Crippen LogP contribution in [-0.4, -0.2) is 27.1 Å². The number of aromatic nitrogens is 2. The summed E-state index contributed by atoms with van der Waals surface area (Å²) >= 11 is 0.677. The number of aromatic amines is 1. The number of nitrogens with one attached hydrogen (secondary N) is 2. The number of hydrogen-bond acceptors (Lipinski definition) is 5. The van der Waals surface area contributed by atoms with Gasteiger partial charge in [0.05, 0.1) is 20.9 Å². The average molecular weight is 566 g/mol. The Morgan fingerprint density at radius 2 is 1.79 bits per heavy atom. The third kappa shape index (κ3) is 5.06. The fourth-order valence-corrected chi connectivity index (χ4v) is 5.63. The molecule has 0 aliphatic rings. The highest BCUT2D eigenvalue weighted by Gasteiger charge is 2.42. The maximum absolute atomic E-state index is 15.8. The van der Waals surface area contributed by atoms with E-state index in [0.717, 1.165) is 16.7 Å². The number of thiophene rings is 1. The standard InChI is InChI=1S/C27H27F4N3O4S/c1-7-32-24(35)17-10-15-16(11-34(6)25(36)20(15)33-17)22-21(19(29)23(39-22)26(4,5)37)38-27(30,31)18-12(2)8-14(28)9-13(18)3/h8-11,33,37H,7H2,1-6H3,(H,32,35). The summed E-state index contributed by atoms with van der Waals surface area (Å²) in [6.07, 6.45) is -2.78. The van der Waals surface area contributed by atoms with E-state index in [2.05, 4.69) is 10.3 Å².